The molecule has 0 aromatic heterocycles. The molecule has 0 heterocycles. The first kappa shape index (κ1) is 14.9. The van der Waals surface area contributed by atoms with Crippen LogP contribution in [0.1, 0.15) is 41.5 Å². The molecule has 0 aromatic rings. The minimum absolute atomic E-state index is 0.292. The predicted octanol–water partition coefficient (Wildman–Crippen LogP) is 2.69. The van der Waals surface area contributed by atoms with Crippen LogP contribution in [0.25, 0.3) is 0 Å². The Bertz CT molecular complexity index is 190. The van der Waals surface area contributed by atoms with Gasteiger partial charge in [0.1, 0.15) is 0 Å². The molecule has 2 nitrogen and oxygen atoms in total. The highest BCUT2D eigenvalue weighted by molar-refractivity contribution is 4.62. The van der Waals surface area contributed by atoms with Gasteiger partial charge in [-0.1, -0.05) is 0 Å². The molecule has 0 spiro atoms. The SMILES string of the molecule is CC(C)(C)[N+](C)(C)C[N+](C)(C)C(C)(C)C. The van der Waals surface area contributed by atoms with Crippen LogP contribution in [0.15, 0.2) is 0 Å². The van der Waals surface area contributed by atoms with Gasteiger partial charge in [-0.3, -0.25) is 8.97 Å². The fourth-order valence-electron chi connectivity index (χ4n) is 1.31. The molecule has 2 heteroatoms. The van der Waals surface area contributed by atoms with Gasteiger partial charge < -0.3 is 0 Å². The number of nitrogens with zero attached hydrogens (tertiary/aromatic N) is 2. The lowest BCUT2D eigenvalue weighted by Gasteiger charge is -2.50. The van der Waals surface area contributed by atoms with E-state index < -0.39 is 0 Å². The average Bonchev–Trinajstić information content (AvgIpc) is 1.77. The summed E-state index contributed by atoms with van der Waals surface area (Å²) in [6.07, 6.45) is 0. The van der Waals surface area contributed by atoms with Crippen molar-refractivity contribution < 1.29 is 8.97 Å². The maximum Gasteiger partial charge on any atom is 0.207 e. The number of hydrogen-bond donors (Lipinski definition) is 0. The Morgan fingerprint density at radius 1 is 0.600 bits per heavy atom. The molecule has 0 saturated heterocycles. The Balaban J connectivity index is 4.89. The average molecular weight is 216 g/mol. The van der Waals surface area contributed by atoms with E-state index >= 15 is 0 Å². The van der Waals surface area contributed by atoms with Crippen molar-refractivity contribution >= 4 is 0 Å². The van der Waals surface area contributed by atoms with Gasteiger partial charge >= 0.3 is 0 Å². The zero-order valence-corrected chi connectivity index (χ0v) is 12.6. The van der Waals surface area contributed by atoms with Crippen molar-refractivity contribution in [3.05, 3.63) is 0 Å². The first-order valence-electron chi connectivity index (χ1n) is 5.87. The highest BCUT2D eigenvalue weighted by Crippen LogP contribution is 2.26. The van der Waals surface area contributed by atoms with Gasteiger partial charge in [0.2, 0.25) is 6.67 Å². The number of rotatable bonds is 2. The number of hydrogen-bond acceptors (Lipinski definition) is 0. The zero-order chi connectivity index (χ0) is 12.7. The summed E-state index contributed by atoms with van der Waals surface area (Å²) in [4.78, 5) is 0. The molecular weight excluding hydrogens is 184 g/mol. The van der Waals surface area contributed by atoms with E-state index in [1.54, 1.807) is 0 Å². The van der Waals surface area contributed by atoms with E-state index in [9.17, 15) is 0 Å². The molecule has 0 fully saturated rings. The van der Waals surface area contributed by atoms with Crippen molar-refractivity contribution in [2.75, 3.05) is 34.9 Å². The first-order chi connectivity index (χ1) is 6.21. The van der Waals surface area contributed by atoms with E-state index in [0.717, 1.165) is 15.6 Å². The summed E-state index contributed by atoms with van der Waals surface area (Å²) in [7, 11) is 9.30. The van der Waals surface area contributed by atoms with Gasteiger partial charge in [0.05, 0.1) is 39.3 Å². The molecule has 0 bridgehead atoms. The molecule has 15 heavy (non-hydrogen) atoms. The second-order valence-electron chi connectivity index (χ2n) is 7.85. The highest BCUT2D eigenvalue weighted by Gasteiger charge is 2.42. The van der Waals surface area contributed by atoms with E-state index in [2.05, 4.69) is 69.7 Å². The Morgan fingerprint density at radius 3 is 0.933 bits per heavy atom. The number of quaternary nitrogens is 2. The molecule has 0 aliphatic carbocycles. The van der Waals surface area contributed by atoms with Crippen molar-refractivity contribution in [2.45, 2.75) is 52.6 Å². The summed E-state index contributed by atoms with van der Waals surface area (Å²) in [6, 6.07) is 0. The topological polar surface area (TPSA) is 0 Å². The third-order valence-corrected chi connectivity index (χ3v) is 4.34. The Labute approximate surface area is 97.1 Å². The Morgan fingerprint density at radius 2 is 0.800 bits per heavy atom. The lowest BCUT2D eigenvalue weighted by atomic mass is 10.0. The molecule has 0 saturated carbocycles. The van der Waals surface area contributed by atoms with Crippen molar-refractivity contribution in [2.24, 2.45) is 0 Å². The molecule has 0 atom stereocenters. The smallest absolute Gasteiger partial charge is 0.207 e. The van der Waals surface area contributed by atoms with E-state index in [4.69, 9.17) is 0 Å². The maximum atomic E-state index is 2.33. The van der Waals surface area contributed by atoms with Crippen LogP contribution in [0, 0.1) is 0 Å². The van der Waals surface area contributed by atoms with Gasteiger partial charge in [0.15, 0.2) is 0 Å². The molecule has 0 radical (unpaired) electrons. The summed E-state index contributed by atoms with van der Waals surface area (Å²) in [5.41, 5.74) is 0.585. The zero-order valence-electron chi connectivity index (χ0n) is 12.6. The van der Waals surface area contributed by atoms with Gasteiger partial charge in [-0.2, -0.15) is 0 Å². The van der Waals surface area contributed by atoms with Crippen LogP contribution in [0.4, 0.5) is 0 Å². The van der Waals surface area contributed by atoms with Crippen molar-refractivity contribution in [1.82, 2.24) is 0 Å². The molecule has 0 unspecified atom stereocenters. The third kappa shape index (κ3) is 3.46. The molecule has 0 aromatic carbocycles. The fourth-order valence-corrected chi connectivity index (χ4v) is 1.31. The monoisotopic (exact) mass is 216 g/mol. The molecule has 0 rings (SSSR count). The van der Waals surface area contributed by atoms with E-state index in [1.807, 2.05) is 0 Å². The summed E-state index contributed by atoms with van der Waals surface area (Å²) >= 11 is 0. The van der Waals surface area contributed by atoms with Gasteiger partial charge in [-0.25, -0.2) is 0 Å². The molecule has 0 N–H and O–H groups in total. The highest BCUT2D eigenvalue weighted by atomic mass is 15.5. The summed E-state index contributed by atoms with van der Waals surface area (Å²) < 4.78 is 2.08. The predicted molar refractivity (Wildman–Crippen MR) is 68.6 cm³/mol. The summed E-state index contributed by atoms with van der Waals surface area (Å²) in [5, 5.41) is 0. The van der Waals surface area contributed by atoms with Gasteiger partial charge in [-0.05, 0) is 41.5 Å². The fraction of sp³-hybridized carbons (Fsp3) is 1.00. The van der Waals surface area contributed by atoms with Crippen molar-refractivity contribution in [3.8, 4) is 0 Å². The van der Waals surface area contributed by atoms with Crippen LogP contribution in [-0.4, -0.2) is 54.9 Å². The quantitative estimate of drug-likeness (QED) is 0.492. The molecular formula is C13H32N2+2. The minimum atomic E-state index is 0.292. The van der Waals surface area contributed by atoms with Crippen LogP contribution in [0.3, 0.4) is 0 Å². The van der Waals surface area contributed by atoms with Gasteiger partial charge in [0, 0.05) is 0 Å². The first-order valence-corrected chi connectivity index (χ1v) is 5.87. The minimum Gasteiger partial charge on any atom is -0.278 e. The Kier molecular flexibility index (Phi) is 3.72. The lowest BCUT2D eigenvalue weighted by molar-refractivity contribution is -1.11. The molecule has 0 aliphatic heterocycles. The van der Waals surface area contributed by atoms with E-state index in [1.165, 1.54) is 0 Å². The standard InChI is InChI=1S/C13H32N2/c1-12(2,3)14(7,8)11-15(9,10)13(4,5)6/h11H2,1-10H3/q+2. The second kappa shape index (κ2) is 3.74. The maximum absolute atomic E-state index is 2.33. The molecule has 92 valence electrons. The van der Waals surface area contributed by atoms with Crippen molar-refractivity contribution in [3.63, 3.8) is 0 Å². The van der Waals surface area contributed by atoms with Gasteiger partial charge in [-0.15, -0.1) is 0 Å². The van der Waals surface area contributed by atoms with Crippen LogP contribution >= 0.6 is 0 Å². The van der Waals surface area contributed by atoms with Crippen LogP contribution in [-0.2, 0) is 0 Å². The van der Waals surface area contributed by atoms with Crippen LogP contribution < -0.4 is 0 Å². The van der Waals surface area contributed by atoms with E-state index in [0.29, 0.717) is 11.1 Å². The third-order valence-electron chi connectivity index (χ3n) is 4.34. The largest absolute Gasteiger partial charge is 0.278 e. The van der Waals surface area contributed by atoms with Gasteiger partial charge in [0.25, 0.3) is 0 Å². The van der Waals surface area contributed by atoms with Crippen LogP contribution in [0.2, 0.25) is 0 Å². The van der Waals surface area contributed by atoms with Crippen molar-refractivity contribution in [1.29, 1.82) is 0 Å². The molecule has 0 aliphatic rings. The van der Waals surface area contributed by atoms with E-state index in [-0.39, 0.29) is 0 Å². The second-order valence-corrected chi connectivity index (χ2v) is 7.85. The normalized spacial score (nSPS) is 15.6. The molecule has 0 amide bonds. The Hall–Kier alpha value is -0.0800. The lowest BCUT2D eigenvalue weighted by Crippen LogP contribution is -2.67. The summed E-state index contributed by atoms with van der Waals surface area (Å²) in [5.74, 6) is 0. The summed E-state index contributed by atoms with van der Waals surface area (Å²) in [6.45, 7) is 15.0. The van der Waals surface area contributed by atoms with Crippen LogP contribution in [0.5, 0.6) is 0 Å².